The number of aryl methyl sites for hydroxylation is 2. The number of nitrogen functional groups attached to an aromatic ring is 1. The second-order valence-electron chi connectivity index (χ2n) is 7.52. The van der Waals surface area contributed by atoms with E-state index in [0.29, 0.717) is 23.0 Å². The van der Waals surface area contributed by atoms with Crippen molar-refractivity contribution in [1.82, 2.24) is 24.8 Å². The SMILES string of the molecule is CC(C)NCCCn1c(Cc2cc3c(cc2I)CCS3)nc2c(N)nc(Cl)nc21. The second-order valence-corrected chi connectivity index (χ2v) is 10.2. The summed E-state index contributed by atoms with van der Waals surface area (Å²) in [6, 6.07) is 5.10. The molecule has 4 rings (SSSR count). The number of nitrogens with zero attached hydrogens (tertiary/aromatic N) is 4. The fourth-order valence-electron chi connectivity index (χ4n) is 3.58. The number of nitrogens with two attached hydrogens (primary N) is 1. The van der Waals surface area contributed by atoms with E-state index in [9.17, 15) is 0 Å². The molecule has 1 aliphatic rings. The van der Waals surface area contributed by atoms with Crippen molar-refractivity contribution in [2.24, 2.45) is 0 Å². The van der Waals surface area contributed by atoms with E-state index in [1.54, 1.807) is 0 Å². The Morgan fingerprint density at radius 2 is 2.14 bits per heavy atom. The lowest BCUT2D eigenvalue weighted by Gasteiger charge is -2.12. The van der Waals surface area contributed by atoms with E-state index in [1.807, 2.05) is 11.8 Å². The van der Waals surface area contributed by atoms with Gasteiger partial charge in [-0.2, -0.15) is 9.97 Å². The minimum Gasteiger partial charge on any atom is -0.382 e. The van der Waals surface area contributed by atoms with Gasteiger partial charge in [0.1, 0.15) is 5.82 Å². The number of imidazole rings is 1. The molecule has 29 heavy (non-hydrogen) atoms. The van der Waals surface area contributed by atoms with Crippen LogP contribution in [0.1, 0.15) is 37.2 Å². The van der Waals surface area contributed by atoms with Gasteiger partial charge in [-0.05, 0) is 76.8 Å². The smallest absolute Gasteiger partial charge is 0.226 e. The molecule has 2 aromatic heterocycles. The van der Waals surface area contributed by atoms with Gasteiger partial charge in [-0.25, -0.2) is 4.98 Å². The first-order valence-corrected chi connectivity index (χ1v) is 12.2. The van der Waals surface area contributed by atoms with E-state index in [0.717, 1.165) is 38.2 Å². The van der Waals surface area contributed by atoms with Crippen molar-refractivity contribution in [1.29, 1.82) is 0 Å². The van der Waals surface area contributed by atoms with Crippen molar-refractivity contribution in [2.45, 2.75) is 50.6 Å². The van der Waals surface area contributed by atoms with Gasteiger partial charge >= 0.3 is 0 Å². The summed E-state index contributed by atoms with van der Waals surface area (Å²) in [6.45, 7) is 6.03. The molecule has 0 saturated carbocycles. The molecule has 0 bridgehead atoms. The molecule has 154 valence electrons. The fraction of sp³-hybridized carbons (Fsp3) is 0.450. The van der Waals surface area contributed by atoms with Gasteiger partial charge in [0.15, 0.2) is 17.0 Å². The average Bonchev–Trinajstić information content (AvgIpc) is 3.23. The van der Waals surface area contributed by atoms with E-state index in [1.165, 1.54) is 25.3 Å². The molecule has 0 aliphatic carbocycles. The highest BCUT2D eigenvalue weighted by atomic mass is 127. The minimum absolute atomic E-state index is 0.159. The first kappa shape index (κ1) is 21.1. The summed E-state index contributed by atoms with van der Waals surface area (Å²) in [5.41, 5.74) is 10.2. The van der Waals surface area contributed by atoms with Crippen molar-refractivity contribution in [3.63, 3.8) is 0 Å². The Labute approximate surface area is 193 Å². The molecule has 1 aliphatic heterocycles. The normalized spacial score (nSPS) is 13.6. The topological polar surface area (TPSA) is 81.7 Å². The Bertz CT molecular complexity index is 1050. The molecule has 0 amide bonds. The van der Waals surface area contributed by atoms with Crippen molar-refractivity contribution in [2.75, 3.05) is 18.0 Å². The first-order chi connectivity index (χ1) is 13.9. The van der Waals surface area contributed by atoms with Crippen LogP contribution in [-0.4, -0.2) is 37.9 Å². The second kappa shape index (κ2) is 8.95. The Hall–Kier alpha value is -1.10. The number of anilines is 1. The molecular weight excluding hydrogens is 519 g/mol. The van der Waals surface area contributed by atoms with Crippen LogP contribution in [0.25, 0.3) is 11.2 Å². The number of hydrogen-bond acceptors (Lipinski definition) is 6. The molecular formula is C20H24ClIN6S. The molecule has 0 saturated heterocycles. The minimum atomic E-state index is 0.159. The van der Waals surface area contributed by atoms with Crippen LogP contribution in [0.15, 0.2) is 17.0 Å². The van der Waals surface area contributed by atoms with Crippen LogP contribution in [0.2, 0.25) is 5.28 Å². The molecule has 6 nitrogen and oxygen atoms in total. The summed E-state index contributed by atoms with van der Waals surface area (Å²) in [4.78, 5) is 14.7. The predicted molar refractivity (Wildman–Crippen MR) is 129 cm³/mol. The van der Waals surface area contributed by atoms with E-state index in [2.05, 4.69) is 68.4 Å². The molecule has 3 heterocycles. The number of thioether (sulfide) groups is 1. The molecule has 9 heteroatoms. The van der Waals surface area contributed by atoms with Gasteiger partial charge in [0.05, 0.1) is 0 Å². The van der Waals surface area contributed by atoms with Crippen LogP contribution in [0.3, 0.4) is 0 Å². The van der Waals surface area contributed by atoms with E-state index in [-0.39, 0.29) is 5.28 Å². The monoisotopic (exact) mass is 542 g/mol. The van der Waals surface area contributed by atoms with Crippen LogP contribution in [0, 0.1) is 3.57 Å². The van der Waals surface area contributed by atoms with Crippen molar-refractivity contribution in [3.05, 3.63) is 37.9 Å². The third-order valence-electron chi connectivity index (χ3n) is 4.99. The van der Waals surface area contributed by atoms with Crippen LogP contribution in [-0.2, 0) is 19.4 Å². The Morgan fingerprint density at radius 1 is 1.31 bits per heavy atom. The average molecular weight is 543 g/mol. The number of halogens is 2. The maximum Gasteiger partial charge on any atom is 0.226 e. The fourth-order valence-corrected chi connectivity index (χ4v) is 5.59. The van der Waals surface area contributed by atoms with Crippen LogP contribution < -0.4 is 11.1 Å². The molecule has 3 aromatic rings. The van der Waals surface area contributed by atoms with Crippen LogP contribution in [0.5, 0.6) is 0 Å². The van der Waals surface area contributed by atoms with E-state index < -0.39 is 0 Å². The van der Waals surface area contributed by atoms with Crippen LogP contribution >= 0.6 is 46.0 Å². The molecule has 0 spiro atoms. The maximum atomic E-state index is 6.10. The van der Waals surface area contributed by atoms with E-state index >= 15 is 0 Å². The highest BCUT2D eigenvalue weighted by Gasteiger charge is 2.19. The summed E-state index contributed by atoms with van der Waals surface area (Å²) < 4.78 is 3.43. The quantitative estimate of drug-likeness (QED) is 0.263. The summed E-state index contributed by atoms with van der Waals surface area (Å²) in [5, 5.41) is 3.62. The standard InChI is InChI=1S/C20H24ClIN6S/c1-11(2)24-5-3-6-28-16(25-17-18(23)26-20(21)27-19(17)28)10-13-9-15-12(4-7-29-15)8-14(13)22/h8-9,11,24H,3-7,10H2,1-2H3,(H2,23,26,27). The Kier molecular flexibility index (Phi) is 6.53. The van der Waals surface area contributed by atoms with Gasteiger partial charge in [0, 0.05) is 33.2 Å². The summed E-state index contributed by atoms with van der Waals surface area (Å²) >= 11 is 10.5. The van der Waals surface area contributed by atoms with Crippen LogP contribution in [0.4, 0.5) is 5.82 Å². The molecule has 0 radical (unpaired) electrons. The molecule has 1 aromatic carbocycles. The highest BCUT2D eigenvalue weighted by molar-refractivity contribution is 14.1. The first-order valence-electron chi connectivity index (χ1n) is 9.78. The number of rotatable bonds is 7. The molecule has 0 unspecified atom stereocenters. The predicted octanol–water partition coefficient (Wildman–Crippen LogP) is 4.29. The van der Waals surface area contributed by atoms with Gasteiger partial charge in [0.2, 0.25) is 5.28 Å². The summed E-state index contributed by atoms with van der Waals surface area (Å²) in [5.74, 6) is 2.45. The number of nitrogens with one attached hydrogen (secondary N) is 1. The third kappa shape index (κ3) is 4.65. The highest BCUT2D eigenvalue weighted by Crippen LogP contribution is 2.35. The zero-order valence-corrected chi connectivity index (χ0v) is 20.2. The largest absolute Gasteiger partial charge is 0.382 e. The number of benzene rings is 1. The molecule has 0 atom stereocenters. The lowest BCUT2D eigenvalue weighted by Crippen LogP contribution is -2.24. The van der Waals surface area contributed by atoms with Crippen molar-refractivity contribution in [3.8, 4) is 0 Å². The van der Waals surface area contributed by atoms with Gasteiger partial charge in [-0.1, -0.05) is 13.8 Å². The zero-order chi connectivity index (χ0) is 20.5. The summed E-state index contributed by atoms with van der Waals surface area (Å²) in [6.07, 6.45) is 2.86. The third-order valence-corrected chi connectivity index (χ3v) is 7.26. The molecule has 3 N–H and O–H groups in total. The lowest BCUT2D eigenvalue weighted by atomic mass is 10.1. The maximum absolute atomic E-state index is 6.10. The Balaban J connectivity index is 1.69. The number of hydrogen-bond donors (Lipinski definition) is 2. The van der Waals surface area contributed by atoms with Crippen molar-refractivity contribution < 1.29 is 0 Å². The van der Waals surface area contributed by atoms with Gasteiger partial charge in [-0.15, -0.1) is 11.8 Å². The van der Waals surface area contributed by atoms with Gasteiger partial charge in [0.25, 0.3) is 0 Å². The van der Waals surface area contributed by atoms with Crippen molar-refractivity contribution >= 4 is 62.9 Å². The Morgan fingerprint density at radius 3 is 2.93 bits per heavy atom. The lowest BCUT2D eigenvalue weighted by molar-refractivity contribution is 0.533. The van der Waals surface area contributed by atoms with Gasteiger partial charge < -0.3 is 15.6 Å². The number of fused-ring (bicyclic) bond motifs is 2. The zero-order valence-electron chi connectivity index (χ0n) is 16.5. The summed E-state index contributed by atoms with van der Waals surface area (Å²) in [7, 11) is 0. The van der Waals surface area contributed by atoms with E-state index in [4.69, 9.17) is 22.3 Å². The molecule has 0 fully saturated rings. The number of aromatic nitrogens is 4. The van der Waals surface area contributed by atoms with Gasteiger partial charge in [-0.3, -0.25) is 0 Å².